The number of aromatic nitrogens is 2. The Hall–Kier alpha value is -2.76. The topological polar surface area (TPSA) is 81.2 Å². The van der Waals surface area contributed by atoms with Crippen LogP contribution < -0.4 is 5.32 Å². The van der Waals surface area contributed by atoms with Crippen molar-refractivity contribution in [3.05, 3.63) is 48.3 Å². The number of nitrogens with zero attached hydrogens (tertiary/aromatic N) is 2. The molecule has 1 amide bonds. The van der Waals surface area contributed by atoms with Gasteiger partial charge in [-0.1, -0.05) is 30.3 Å². The largest absolute Gasteiger partial charge is 0.463 e. The van der Waals surface area contributed by atoms with Gasteiger partial charge in [-0.2, -0.15) is 0 Å². The number of hydrogen-bond donors (Lipinski definition) is 1. The summed E-state index contributed by atoms with van der Waals surface area (Å²) in [6.45, 7) is 3.77. The average molecular weight is 313 g/mol. The molecule has 2 aromatic rings. The van der Waals surface area contributed by atoms with Gasteiger partial charge >= 0.3 is 5.97 Å². The zero-order valence-corrected chi connectivity index (χ0v) is 13.2. The summed E-state index contributed by atoms with van der Waals surface area (Å²) in [6.07, 6.45) is 2.92. The predicted octanol–water partition coefficient (Wildman–Crippen LogP) is 2.22. The molecule has 23 heavy (non-hydrogen) atoms. The van der Waals surface area contributed by atoms with Crippen LogP contribution in [0.1, 0.15) is 30.6 Å². The third-order valence-electron chi connectivity index (χ3n) is 2.93. The van der Waals surface area contributed by atoms with E-state index in [-0.39, 0.29) is 30.9 Å². The molecule has 1 aromatic heterocycles. The van der Waals surface area contributed by atoms with Crippen molar-refractivity contribution in [3.8, 4) is 11.4 Å². The van der Waals surface area contributed by atoms with E-state index in [9.17, 15) is 9.59 Å². The van der Waals surface area contributed by atoms with Crippen LogP contribution in [0.3, 0.4) is 0 Å². The van der Waals surface area contributed by atoms with E-state index >= 15 is 0 Å². The van der Waals surface area contributed by atoms with Gasteiger partial charge < -0.3 is 10.1 Å². The van der Waals surface area contributed by atoms with Crippen molar-refractivity contribution in [2.45, 2.75) is 26.4 Å². The molecule has 0 atom stereocenters. The lowest BCUT2D eigenvalue weighted by molar-refractivity contribution is -0.147. The molecule has 0 saturated carbocycles. The van der Waals surface area contributed by atoms with E-state index in [1.807, 2.05) is 30.3 Å². The number of esters is 1. The first-order chi connectivity index (χ1) is 11.1. The van der Waals surface area contributed by atoms with Crippen molar-refractivity contribution in [2.75, 3.05) is 6.54 Å². The third-order valence-corrected chi connectivity index (χ3v) is 2.93. The van der Waals surface area contributed by atoms with Crippen LogP contribution >= 0.6 is 0 Å². The first-order valence-corrected chi connectivity index (χ1v) is 7.41. The highest BCUT2D eigenvalue weighted by Crippen LogP contribution is 2.13. The van der Waals surface area contributed by atoms with Crippen molar-refractivity contribution in [1.29, 1.82) is 0 Å². The van der Waals surface area contributed by atoms with E-state index < -0.39 is 0 Å². The maximum atomic E-state index is 12.0. The first kappa shape index (κ1) is 16.6. The molecule has 1 N–H and O–H groups in total. The third kappa shape index (κ3) is 5.18. The van der Waals surface area contributed by atoms with Gasteiger partial charge in [0.05, 0.1) is 18.1 Å². The van der Waals surface area contributed by atoms with Gasteiger partial charge in [0, 0.05) is 24.5 Å². The summed E-state index contributed by atoms with van der Waals surface area (Å²) in [4.78, 5) is 31.7. The molecule has 0 aliphatic heterocycles. The van der Waals surface area contributed by atoms with Crippen molar-refractivity contribution in [3.63, 3.8) is 0 Å². The Balaban J connectivity index is 1.87. The monoisotopic (exact) mass is 313 g/mol. The molecule has 120 valence electrons. The van der Waals surface area contributed by atoms with E-state index in [1.165, 1.54) is 12.4 Å². The molecule has 0 saturated heterocycles. The van der Waals surface area contributed by atoms with E-state index in [1.54, 1.807) is 13.8 Å². The number of carbonyl (C=O) groups is 2. The Labute approximate surface area is 134 Å². The number of rotatable bonds is 6. The van der Waals surface area contributed by atoms with Gasteiger partial charge in [0.15, 0.2) is 5.82 Å². The van der Waals surface area contributed by atoms with E-state index in [0.717, 1.165) is 5.56 Å². The summed E-state index contributed by atoms with van der Waals surface area (Å²) in [6, 6.07) is 9.51. The molecule has 0 fully saturated rings. The van der Waals surface area contributed by atoms with Crippen molar-refractivity contribution in [1.82, 2.24) is 15.3 Å². The number of carbonyl (C=O) groups excluding carboxylic acids is 2. The lowest BCUT2D eigenvalue weighted by atomic mass is 10.2. The average Bonchev–Trinajstić information content (AvgIpc) is 2.55. The minimum atomic E-state index is -0.337. The summed E-state index contributed by atoms with van der Waals surface area (Å²) in [5.74, 6) is -0.0967. The Kier molecular flexibility index (Phi) is 5.80. The van der Waals surface area contributed by atoms with Crippen LogP contribution in [-0.2, 0) is 9.53 Å². The van der Waals surface area contributed by atoms with Crippen molar-refractivity contribution >= 4 is 11.9 Å². The molecule has 0 radical (unpaired) electrons. The van der Waals surface area contributed by atoms with E-state index in [0.29, 0.717) is 11.4 Å². The lowest BCUT2D eigenvalue weighted by Crippen LogP contribution is -2.27. The first-order valence-electron chi connectivity index (χ1n) is 7.41. The highest BCUT2D eigenvalue weighted by molar-refractivity contribution is 5.93. The zero-order chi connectivity index (χ0) is 16.7. The second-order valence-electron chi connectivity index (χ2n) is 5.21. The van der Waals surface area contributed by atoms with Gasteiger partial charge in [-0.3, -0.25) is 9.59 Å². The second kappa shape index (κ2) is 8.03. The summed E-state index contributed by atoms with van der Waals surface area (Å²) < 4.78 is 4.99. The smallest absolute Gasteiger partial charge is 0.307 e. The number of ether oxygens (including phenoxy) is 1. The number of hydrogen-bond acceptors (Lipinski definition) is 5. The van der Waals surface area contributed by atoms with Gasteiger partial charge in [-0.25, -0.2) is 9.97 Å². The van der Waals surface area contributed by atoms with Gasteiger partial charge in [0.2, 0.25) is 0 Å². The molecule has 2 rings (SSSR count). The highest BCUT2D eigenvalue weighted by atomic mass is 16.5. The maximum Gasteiger partial charge on any atom is 0.307 e. The van der Waals surface area contributed by atoms with Crippen LogP contribution in [0.4, 0.5) is 0 Å². The normalized spacial score (nSPS) is 10.4. The number of amides is 1. The Bertz CT molecular complexity index is 655. The lowest BCUT2D eigenvalue weighted by Gasteiger charge is -2.08. The molecule has 1 aromatic carbocycles. The second-order valence-corrected chi connectivity index (χ2v) is 5.21. The molecule has 0 aliphatic carbocycles. The molecule has 6 heteroatoms. The van der Waals surface area contributed by atoms with Gasteiger partial charge in [0.1, 0.15) is 0 Å². The Morgan fingerprint density at radius 2 is 1.78 bits per heavy atom. The minimum Gasteiger partial charge on any atom is -0.463 e. The molecule has 6 nitrogen and oxygen atoms in total. The van der Waals surface area contributed by atoms with Gasteiger partial charge in [0.25, 0.3) is 5.91 Å². The number of benzene rings is 1. The zero-order valence-electron chi connectivity index (χ0n) is 13.2. The van der Waals surface area contributed by atoms with Crippen molar-refractivity contribution in [2.24, 2.45) is 0 Å². The quantitative estimate of drug-likeness (QED) is 0.827. The fourth-order valence-electron chi connectivity index (χ4n) is 1.88. The van der Waals surface area contributed by atoms with E-state index in [4.69, 9.17) is 4.74 Å². The van der Waals surface area contributed by atoms with Crippen LogP contribution in [0.2, 0.25) is 0 Å². The molecule has 0 bridgehead atoms. The highest BCUT2D eigenvalue weighted by Gasteiger charge is 2.10. The summed E-state index contributed by atoms with van der Waals surface area (Å²) in [5, 5.41) is 2.64. The molecular formula is C17H19N3O3. The van der Waals surface area contributed by atoms with Crippen LogP contribution in [0.15, 0.2) is 42.7 Å². The molecule has 1 heterocycles. The fourth-order valence-corrected chi connectivity index (χ4v) is 1.88. The molecule has 0 unspecified atom stereocenters. The standard InChI is InChI=1S/C17H19N3O3/c1-12(2)23-15(21)8-9-18-17(22)14-10-19-16(20-11-14)13-6-4-3-5-7-13/h3-7,10-12H,8-9H2,1-2H3,(H,18,22). The van der Waals surface area contributed by atoms with Crippen LogP contribution in [0.25, 0.3) is 11.4 Å². The molecule has 0 spiro atoms. The molecule has 0 aliphatic rings. The van der Waals surface area contributed by atoms with Crippen LogP contribution in [0, 0.1) is 0 Å². The Morgan fingerprint density at radius 1 is 1.13 bits per heavy atom. The maximum absolute atomic E-state index is 12.0. The Morgan fingerprint density at radius 3 is 2.39 bits per heavy atom. The van der Waals surface area contributed by atoms with Gasteiger partial charge in [-0.05, 0) is 13.8 Å². The van der Waals surface area contributed by atoms with Crippen LogP contribution in [-0.4, -0.2) is 34.5 Å². The summed E-state index contributed by atoms with van der Waals surface area (Å²) in [7, 11) is 0. The summed E-state index contributed by atoms with van der Waals surface area (Å²) >= 11 is 0. The number of nitrogens with one attached hydrogen (secondary N) is 1. The van der Waals surface area contributed by atoms with Crippen molar-refractivity contribution < 1.29 is 14.3 Å². The van der Waals surface area contributed by atoms with E-state index in [2.05, 4.69) is 15.3 Å². The minimum absolute atomic E-state index is 0.132. The summed E-state index contributed by atoms with van der Waals surface area (Å²) in [5.41, 5.74) is 1.23. The predicted molar refractivity (Wildman–Crippen MR) is 85.6 cm³/mol. The van der Waals surface area contributed by atoms with Crippen LogP contribution in [0.5, 0.6) is 0 Å². The fraction of sp³-hybridized carbons (Fsp3) is 0.294. The SMILES string of the molecule is CC(C)OC(=O)CCNC(=O)c1cnc(-c2ccccc2)nc1. The molecular weight excluding hydrogens is 294 g/mol. The van der Waals surface area contributed by atoms with Gasteiger partial charge in [-0.15, -0.1) is 0 Å².